The van der Waals surface area contributed by atoms with Crippen molar-refractivity contribution in [3.05, 3.63) is 62.8 Å². The maximum absolute atomic E-state index is 13.6. The summed E-state index contributed by atoms with van der Waals surface area (Å²) in [5, 5.41) is 4.26. The first kappa shape index (κ1) is 26.1. The summed E-state index contributed by atoms with van der Waals surface area (Å²) in [7, 11) is 2.15. The fourth-order valence-corrected chi connectivity index (χ4v) is 6.85. The highest BCUT2D eigenvalue weighted by Crippen LogP contribution is 2.65. The van der Waals surface area contributed by atoms with E-state index in [0.717, 1.165) is 58.4 Å². The van der Waals surface area contributed by atoms with Gasteiger partial charge in [0.2, 0.25) is 0 Å². The maximum Gasteiger partial charge on any atom is 0.322 e. The number of carbonyl (C=O) groups excluding carboxylic acids is 1. The Bertz CT molecular complexity index is 1110. The van der Waals surface area contributed by atoms with Gasteiger partial charge in [0.1, 0.15) is 5.82 Å². The monoisotopic (exact) mass is 552 g/mol. The lowest BCUT2D eigenvalue weighted by Gasteiger charge is -2.34. The maximum atomic E-state index is 13.6. The Morgan fingerprint density at radius 3 is 2.50 bits per heavy atom. The minimum Gasteiger partial charge on any atom is -0.321 e. The van der Waals surface area contributed by atoms with Gasteiger partial charge in [0.25, 0.3) is 0 Å². The molecular formula is C27H32Cl3FN4O. The first-order chi connectivity index (χ1) is 17.2. The summed E-state index contributed by atoms with van der Waals surface area (Å²) >= 11 is 18.6. The Hall–Kier alpha value is -1.57. The zero-order valence-electron chi connectivity index (χ0n) is 20.5. The van der Waals surface area contributed by atoms with E-state index in [4.69, 9.17) is 34.8 Å². The van der Waals surface area contributed by atoms with Crippen molar-refractivity contribution < 1.29 is 9.18 Å². The molecule has 1 heterocycles. The van der Waals surface area contributed by atoms with Crippen molar-refractivity contribution in [3.8, 4) is 0 Å². The number of fused-ring (bicyclic) bond motifs is 1. The Balaban J connectivity index is 1.30. The Morgan fingerprint density at radius 2 is 1.83 bits per heavy atom. The molecule has 0 bridgehead atoms. The lowest BCUT2D eigenvalue weighted by Crippen LogP contribution is -2.47. The van der Waals surface area contributed by atoms with Gasteiger partial charge in [0.15, 0.2) is 0 Å². The zero-order valence-corrected chi connectivity index (χ0v) is 22.7. The molecule has 9 heteroatoms. The van der Waals surface area contributed by atoms with E-state index in [0.29, 0.717) is 28.2 Å². The summed E-state index contributed by atoms with van der Waals surface area (Å²) in [4.78, 5) is 20.4. The molecule has 194 valence electrons. The number of likely N-dealkylation sites (N-methyl/N-ethyl adjacent to an activating group) is 1. The zero-order chi connectivity index (χ0) is 25.4. The molecule has 3 aliphatic rings. The molecule has 0 unspecified atom stereocenters. The van der Waals surface area contributed by atoms with Crippen molar-refractivity contribution in [1.29, 1.82) is 0 Å². The molecule has 0 radical (unpaired) electrons. The standard InChI is InChI=1S/C27H32Cl3FN4O/c1-33-9-11-34(12-10-33)7-2-8-35(26(36)32-21-3-4-24(31)23(30)16-21)25-5-6-27(17-22(25)27)18-13-19(28)15-20(29)14-18/h3-4,13-16,22,25H,2,5-12,17H2,1H3,(H,32,36)/t22-,25-,27-/m1/s1. The number of amides is 2. The number of halogens is 4. The van der Waals surface area contributed by atoms with Crippen LogP contribution in [0, 0.1) is 11.7 Å². The Labute approximate surface area is 227 Å². The Kier molecular flexibility index (Phi) is 7.71. The van der Waals surface area contributed by atoms with E-state index in [1.54, 1.807) is 12.1 Å². The third-order valence-corrected chi connectivity index (χ3v) is 8.95. The minimum absolute atomic E-state index is 0.00525. The molecule has 0 aromatic heterocycles. The summed E-state index contributed by atoms with van der Waals surface area (Å²) in [6, 6.07) is 10.1. The van der Waals surface area contributed by atoms with Gasteiger partial charge in [0.05, 0.1) is 5.02 Å². The predicted octanol–water partition coefficient (Wildman–Crippen LogP) is 6.38. The molecule has 2 aliphatic carbocycles. The fraction of sp³-hybridized carbons (Fsp3) is 0.519. The van der Waals surface area contributed by atoms with Crippen LogP contribution in [-0.4, -0.2) is 73.1 Å². The van der Waals surface area contributed by atoms with Gasteiger partial charge < -0.3 is 20.0 Å². The van der Waals surface area contributed by atoms with E-state index < -0.39 is 5.82 Å². The SMILES string of the molecule is CN1CCN(CCCN(C(=O)Nc2ccc(F)c(Cl)c2)[C@@H]2CC[C@]3(c4cc(Cl)cc(Cl)c4)C[C@H]23)CC1. The molecular weight excluding hydrogens is 522 g/mol. The summed E-state index contributed by atoms with van der Waals surface area (Å²) in [5.41, 5.74) is 1.71. The molecule has 2 saturated carbocycles. The molecule has 3 atom stereocenters. The van der Waals surface area contributed by atoms with Crippen LogP contribution >= 0.6 is 34.8 Å². The van der Waals surface area contributed by atoms with Crippen molar-refractivity contribution >= 4 is 46.5 Å². The van der Waals surface area contributed by atoms with Crippen LogP contribution in [0.2, 0.25) is 15.1 Å². The second-order valence-corrected chi connectivity index (χ2v) is 11.8. The number of anilines is 1. The van der Waals surface area contributed by atoms with Gasteiger partial charge in [-0.05, 0) is 87.2 Å². The second-order valence-electron chi connectivity index (χ2n) is 10.5. The van der Waals surface area contributed by atoms with Crippen LogP contribution in [0.4, 0.5) is 14.9 Å². The number of nitrogens with one attached hydrogen (secondary N) is 1. The van der Waals surface area contributed by atoms with Gasteiger partial charge in [-0.25, -0.2) is 9.18 Å². The molecule has 2 aromatic rings. The summed E-state index contributed by atoms with van der Waals surface area (Å²) in [6.45, 7) is 5.89. The van der Waals surface area contributed by atoms with E-state index >= 15 is 0 Å². The molecule has 1 aliphatic heterocycles. The number of piperazine rings is 1. The molecule has 0 spiro atoms. The van der Waals surface area contributed by atoms with Gasteiger partial charge >= 0.3 is 6.03 Å². The van der Waals surface area contributed by atoms with Crippen LogP contribution in [0.3, 0.4) is 0 Å². The average Bonchev–Trinajstić information content (AvgIpc) is 3.46. The van der Waals surface area contributed by atoms with Gasteiger partial charge in [-0.1, -0.05) is 34.8 Å². The van der Waals surface area contributed by atoms with Crippen molar-refractivity contribution in [1.82, 2.24) is 14.7 Å². The Morgan fingerprint density at radius 1 is 1.11 bits per heavy atom. The topological polar surface area (TPSA) is 38.8 Å². The summed E-state index contributed by atoms with van der Waals surface area (Å²) in [6.07, 6.45) is 3.87. The first-order valence-corrected chi connectivity index (χ1v) is 13.8. The fourth-order valence-electron chi connectivity index (χ4n) is 6.15. The van der Waals surface area contributed by atoms with Gasteiger partial charge in [-0.15, -0.1) is 0 Å². The quantitative estimate of drug-likeness (QED) is 0.433. The van der Waals surface area contributed by atoms with Gasteiger partial charge in [-0.3, -0.25) is 0 Å². The van der Waals surface area contributed by atoms with Crippen molar-refractivity contribution in [3.63, 3.8) is 0 Å². The molecule has 5 nitrogen and oxygen atoms in total. The molecule has 2 amide bonds. The number of benzene rings is 2. The minimum atomic E-state index is -0.502. The highest BCUT2D eigenvalue weighted by molar-refractivity contribution is 6.34. The van der Waals surface area contributed by atoms with Crippen LogP contribution in [-0.2, 0) is 5.41 Å². The van der Waals surface area contributed by atoms with Crippen LogP contribution in [0.15, 0.2) is 36.4 Å². The molecule has 36 heavy (non-hydrogen) atoms. The lowest BCUT2D eigenvalue weighted by molar-refractivity contribution is 0.140. The second kappa shape index (κ2) is 10.7. The van der Waals surface area contributed by atoms with E-state index in [9.17, 15) is 9.18 Å². The number of rotatable bonds is 7. The van der Waals surface area contributed by atoms with E-state index in [1.165, 1.54) is 17.7 Å². The van der Waals surface area contributed by atoms with Gasteiger partial charge in [0, 0.05) is 59.9 Å². The average molecular weight is 554 g/mol. The smallest absolute Gasteiger partial charge is 0.321 e. The molecule has 3 fully saturated rings. The van der Waals surface area contributed by atoms with Crippen LogP contribution < -0.4 is 5.32 Å². The van der Waals surface area contributed by atoms with E-state index in [1.807, 2.05) is 17.0 Å². The van der Waals surface area contributed by atoms with E-state index in [-0.39, 0.29) is 22.5 Å². The third-order valence-electron chi connectivity index (χ3n) is 8.22. The van der Waals surface area contributed by atoms with Gasteiger partial charge in [-0.2, -0.15) is 0 Å². The molecule has 2 aromatic carbocycles. The van der Waals surface area contributed by atoms with Crippen LogP contribution in [0.25, 0.3) is 0 Å². The highest BCUT2D eigenvalue weighted by atomic mass is 35.5. The van der Waals surface area contributed by atoms with Crippen LogP contribution in [0.5, 0.6) is 0 Å². The van der Waals surface area contributed by atoms with Crippen molar-refractivity contribution in [2.45, 2.75) is 37.1 Å². The number of hydrogen-bond acceptors (Lipinski definition) is 3. The largest absolute Gasteiger partial charge is 0.322 e. The highest BCUT2D eigenvalue weighted by Gasteiger charge is 2.64. The third kappa shape index (κ3) is 5.48. The first-order valence-electron chi connectivity index (χ1n) is 12.7. The predicted molar refractivity (Wildman–Crippen MR) is 145 cm³/mol. The summed E-state index contributed by atoms with van der Waals surface area (Å²) < 4.78 is 13.6. The van der Waals surface area contributed by atoms with Crippen molar-refractivity contribution in [2.24, 2.45) is 5.92 Å². The molecule has 5 rings (SSSR count). The van der Waals surface area contributed by atoms with Crippen LogP contribution in [0.1, 0.15) is 31.2 Å². The van der Waals surface area contributed by atoms with E-state index in [2.05, 4.69) is 22.2 Å². The number of hydrogen-bond donors (Lipinski definition) is 1. The molecule has 1 N–H and O–H groups in total. The number of nitrogens with zero attached hydrogens (tertiary/aromatic N) is 3. The lowest BCUT2D eigenvalue weighted by atomic mass is 9.93. The van der Waals surface area contributed by atoms with Crippen molar-refractivity contribution in [2.75, 3.05) is 51.6 Å². The number of carbonyl (C=O) groups is 1. The molecule has 1 saturated heterocycles. The number of urea groups is 1. The normalized spacial score (nSPS) is 26.0. The summed E-state index contributed by atoms with van der Waals surface area (Å²) in [5.74, 6) is -0.129.